The molecule has 0 aliphatic heterocycles. The maximum atomic E-state index is 11.3. The van der Waals surface area contributed by atoms with Gasteiger partial charge in [0.15, 0.2) is 14.9 Å². The van der Waals surface area contributed by atoms with Gasteiger partial charge in [-0.3, -0.25) is 0 Å². The Morgan fingerprint density at radius 3 is 2.81 bits per heavy atom. The Bertz CT molecular complexity index is 445. The average molecular weight is 243 g/mol. The molecular formula is C10H17N3O2S. The van der Waals surface area contributed by atoms with Gasteiger partial charge < -0.3 is 11.1 Å². The first-order chi connectivity index (χ1) is 7.45. The SMILES string of the molecule is CNCC[C@H](N)c1ccnc(S(C)(=O)=O)c1. The summed E-state index contributed by atoms with van der Waals surface area (Å²) in [5.74, 6) is 0. The molecule has 0 spiro atoms. The summed E-state index contributed by atoms with van der Waals surface area (Å²) in [6.45, 7) is 0.789. The van der Waals surface area contributed by atoms with Crippen LogP contribution in [0, 0.1) is 0 Å². The van der Waals surface area contributed by atoms with E-state index in [2.05, 4.69) is 10.3 Å². The first kappa shape index (κ1) is 13.1. The van der Waals surface area contributed by atoms with Gasteiger partial charge in [-0.2, -0.15) is 0 Å². The van der Waals surface area contributed by atoms with Crippen molar-refractivity contribution in [1.82, 2.24) is 10.3 Å². The van der Waals surface area contributed by atoms with Crippen LogP contribution in [-0.4, -0.2) is 33.2 Å². The molecule has 6 heteroatoms. The zero-order valence-electron chi connectivity index (χ0n) is 9.47. The molecule has 1 heterocycles. The van der Waals surface area contributed by atoms with E-state index in [0.29, 0.717) is 0 Å². The van der Waals surface area contributed by atoms with E-state index in [0.717, 1.165) is 24.8 Å². The van der Waals surface area contributed by atoms with E-state index < -0.39 is 9.84 Å². The standard InChI is InChI=1S/C10H17N3O2S/c1-12-5-4-9(11)8-3-6-13-10(7-8)16(2,14)15/h3,6-7,9,12H,4-5,11H2,1-2H3/t9-/m0/s1. The summed E-state index contributed by atoms with van der Waals surface area (Å²) in [5, 5.41) is 3.07. The highest BCUT2D eigenvalue weighted by molar-refractivity contribution is 7.90. The molecule has 90 valence electrons. The monoisotopic (exact) mass is 243 g/mol. The van der Waals surface area contributed by atoms with Gasteiger partial charge in [-0.05, 0) is 37.7 Å². The van der Waals surface area contributed by atoms with Crippen molar-refractivity contribution in [3.63, 3.8) is 0 Å². The number of rotatable bonds is 5. The molecule has 0 aliphatic rings. The normalized spacial score (nSPS) is 13.7. The molecule has 0 radical (unpaired) electrons. The highest BCUT2D eigenvalue weighted by atomic mass is 32.2. The largest absolute Gasteiger partial charge is 0.324 e. The summed E-state index contributed by atoms with van der Waals surface area (Å²) in [6.07, 6.45) is 3.37. The summed E-state index contributed by atoms with van der Waals surface area (Å²) in [4.78, 5) is 3.81. The van der Waals surface area contributed by atoms with Crippen LogP contribution in [0.1, 0.15) is 18.0 Å². The zero-order chi connectivity index (χ0) is 12.2. The van der Waals surface area contributed by atoms with E-state index in [4.69, 9.17) is 5.73 Å². The molecule has 0 saturated carbocycles. The van der Waals surface area contributed by atoms with Crippen LogP contribution in [0.3, 0.4) is 0 Å². The number of pyridine rings is 1. The minimum absolute atomic E-state index is 0.0740. The molecule has 16 heavy (non-hydrogen) atoms. The number of sulfone groups is 1. The molecule has 0 bridgehead atoms. The molecular weight excluding hydrogens is 226 g/mol. The molecule has 1 aromatic heterocycles. The predicted octanol–water partition coefficient (Wildman–Crippen LogP) is 0.0944. The number of nitrogens with one attached hydrogen (secondary N) is 1. The molecule has 3 N–H and O–H groups in total. The van der Waals surface area contributed by atoms with Gasteiger partial charge in [-0.1, -0.05) is 0 Å². The lowest BCUT2D eigenvalue weighted by atomic mass is 10.1. The van der Waals surface area contributed by atoms with Gasteiger partial charge in [-0.15, -0.1) is 0 Å². The predicted molar refractivity (Wildman–Crippen MR) is 62.8 cm³/mol. The number of nitrogens with two attached hydrogens (primary N) is 1. The molecule has 5 nitrogen and oxygen atoms in total. The summed E-state index contributed by atoms with van der Waals surface area (Å²) in [6, 6.07) is 3.11. The summed E-state index contributed by atoms with van der Waals surface area (Å²) in [7, 11) is -1.41. The van der Waals surface area contributed by atoms with Crippen LogP contribution in [0.4, 0.5) is 0 Å². The second-order valence-electron chi connectivity index (χ2n) is 3.70. The third kappa shape index (κ3) is 3.55. The van der Waals surface area contributed by atoms with E-state index in [-0.39, 0.29) is 11.1 Å². The first-order valence-corrected chi connectivity index (χ1v) is 6.90. The summed E-state index contributed by atoms with van der Waals surface area (Å²) >= 11 is 0. The minimum Gasteiger partial charge on any atom is -0.324 e. The molecule has 0 saturated heterocycles. The van der Waals surface area contributed by atoms with E-state index in [9.17, 15) is 8.42 Å². The minimum atomic E-state index is -3.26. The molecule has 0 fully saturated rings. The van der Waals surface area contributed by atoms with Crippen LogP contribution in [0.5, 0.6) is 0 Å². The number of aromatic nitrogens is 1. The Kier molecular flexibility index (Phi) is 4.40. The lowest BCUT2D eigenvalue weighted by Gasteiger charge is -2.12. The van der Waals surface area contributed by atoms with Crippen LogP contribution in [-0.2, 0) is 9.84 Å². The topological polar surface area (TPSA) is 85.1 Å². The van der Waals surface area contributed by atoms with Crippen molar-refractivity contribution in [1.29, 1.82) is 0 Å². The zero-order valence-corrected chi connectivity index (χ0v) is 10.3. The molecule has 1 atom stereocenters. The van der Waals surface area contributed by atoms with Gasteiger partial charge in [0, 0.05) is 18.5 Å². The van der Waals surface area contributed by atoms with Gasteiger partial charge in [0.25, 0.3) is 0 Å². The van der Waals surface area contributed by atoms with Gasteiger partial charge >= 0.3 is 0 Å². The smallest absolute Gasteiger partial charge is 0.192 e. The third-order valence-electron chi connectivity index (χ3n) is 2.27. The van der Waals surface area contributed by atoms with Crippen molar-refractivity contribution in [2.75, 3.05) is 19.8 Å². The Hall–Kier alpha value is -0.980. The van der Waals surface area contributed by atoms with E-state index >= 15 is 0 Å². The van der Waals surface area contributed by atoms with Gasteiger partial charge in [-0.25, -0.2) is 13.4 Å². The third-order valence-corrected chi connectivity index (χ3v) is 3.26. The van der Waals surface area contributed by atoms with Crippen molar-refractivity contribution in [3.8, 4) is 0 Å². The van der Waals surface area contributed by atoms with Crippen molar-refractivity contribution >= 4 is 9.84 Å². The molecule has 0 unspecified atom stereocenters. The van der Waals surface area contributed by atoms with Gasteiger partial charge in [0.2, 0.25) is 0 Å². The van der Waals surface area contributed by atoms with Crippen LogP contribution >= 0.6 is 0 Å². The maximum Gasteiger partial charge on any atom is 0.192 e. The maximum absolute atomic E-state index is 11.3. The van der Waals surface area contributed by atoms with Crippen molar-refractivity contribution in [2.45, 2.75) is 17.5 Å². The Balaban J connectivity index is 2.90. The quantitative estimate of drug-likeness (QED) is 0.766. The molecule has 0 amide bonds. The molecule has 1 rings (SSSR count). The highest BCUT2D eigenvalue weighted by Crippen LogP contribution is 2.15. The lowest BCUT2D eigenvalue weighted by molar-refractivity contribution is 0.594. The Labute approximate surface area is 96.0 Å². The molecule has 0 aromatic carbocycles. The van der Waals surface area contributed by atoms with Gasteiger partial charge in [0.05, 0.1) is 0 Å². The van der Waals surface area contributed by atoms with E-state index in [1.165, 1.54) is 12.3 Å². The second kappa shape index (κ2) is 5.38. The fraction of sp³-hybridized carbons (Fsp3) is 0.500. The van der Waals surface area contributed by atoms with Crippen LogP contribution in [0.2, 0.25) is 0 Å². The molecule has 1 aromatic rings. The molecule has 0 aliphatic carbocycles. The Morgan fingerprint density at radius 2 is 2.25 bits per heavy atom. The van der Waals surface area contributed by atoms with Crippen LogP contribution in [0.25, 0.3) is 0 Å². The highest BCUT2D eigenvalue weighted by Gasteiger charge is 2.12. The van der Waals surface area contributed by atoms with Crippen LogP contribution < -0.4 is 11.1 Å². The average Bonchev–Trinajstić information content (AvgIpc) is 2.25. The number of hydrogen-bond donors (Lipinski definition) is 2. The lowest BCUT2D eigenvalue weighted by Crippen LogP contribution is -2.18. The number of nitrogens with zero attached hydrogens (tertiary/aromatic N) is 1. The summed E-state index contributed by atoms with van der Waals surface area (Å²) < 4.78 is 22.6. The fourth-order valence-electron chi connectivity index (χ4n) is 1.32. The van der Waals surface area contributed by atoms with E-state index in [1.807, 2.05) is 7.05 Å². The second-order valence-corrected chi connectivity index (χ2v) is 5.66. The fourth-order valence-corrected chi connectivity index (χ4v) is 1.93. The number of hydrogen-bond acceptors (Lipinski definition) is 5. The van der Waals surface area contributed by atoms with Crippen molar-refractivity contribution < 1.29 is 8.42 Å². The van der Waals surface area contributed by atoms with Gasteiger partial charge in [0.1, 0.15) is 0 Å². The Morgan fingerprint density at radius 1 is 1.56 bits per heavy atom. The van der Waals surface area contributed by atoms with Crippen molar-refractivity contribution in [2.24, 2.45) is 5.73 Å². The summed E-state index contributed by atoms with van der Waals surface area (Å²) in [5.41, 5.74) is 6.73. The first-order valence-electron chi connectivity index (χ1n) is 5.01. The van der Waals surface area contributed by atoms with E-state index in [1.54, 1.807) is 6.07 Å². The van der Waals surface area contributed by atoms with Crippen LogP contribution in [0.15, 0.2) is 23.4 Å². The van der Waals surface area contributed by atoms with Crippen molar-refractivity contribution in [3.05, 3.63) is 23.9 Å².